The summed E-state index contributed by atoms with van der Waals surface area (Å²) in [6.07, 6.45) is 14.9. The van der Waals surface area contributed by atoms with Crippen LogP contribution in [0.1, 0.15) is 92.0 Å². The van der Waals surface area contributed by atoms with Gasteiger partial charge < -0.3 is 49.8 Å². The van der Waals surface area contributed by atoms with Crippen LogP contribution in [0.5, 0.6) is 0 Å². The van der Waals surface area contributed by atoms with E-state index in [9.17, 15) is 40.7 Å². The van der Waals surface area contributed by atoms with Gasteiger partial charge in [-0.25, -0.2) is 76.2 Å². The molecular formula is C69H76BCl3F6N22O7. The maximum atomic E-state index is 13.3. The molecular weight excluding hydrogens is 1480 g/mol. The molecule has 4 amide bonds. The lowest BCUT2D eigenvalue weighted by atomic mass is 9.79. The number of anilines is 2. The summed E-state index contributed by atoms with van der Waals surface area (Å²) in [5, 5.41) is 23.4. The quantitative estimate of drug-likeness (QED) is 0.0819. The molecule has 2 aromatic carbocycles. The van der Waals surface area contributed by atoms with Crippen molar-refractivity contribution in [3.05, 3.63) is 184 Å². The Balaban J connectivity index is 0.000000144. The molecule has 13 heterocycles. The van der Waals surface area contributed by atoms with Crippen LogP contribution < -0.4 is 21.8 Å². The van der Waals surface area contributed by atoms with Gasteiger partial charge in [-0.2, -0.15) is 24.8 Å². The number of rotatable bonds is 5. The van der Waals surface area contributed by atoms with Gasteiger partial charge in [-0.3, -0.25) is 18.7 Å². The zero-order chi connectivity index (χ0) is 78.0. The van der Waals surface area contributed by atoms with Crippen LogP contribution in [0.4, 0.5) is 52.1 Å². The van der Waals surface area contributed by atoms with E-state index in [1.165, 1.54) is 48.8 Å². The number of urea groups is 1. The Labute approximate surface area is 631 Å². The van der Waals surface area contributed by atoms with Gasteiger partial charge in [-0.15, -0.1) is 0 Å². The molecule has 0 aliphatic carbocycles. The second-order valence-corrected chi connectivity index (χ2v) is 28.7. The largest absolute Gasteiger partial charge is 0.498 e. The number of amides is 4. The standard InChI is InChI=1S/C17H28BN3O4.C17H13ClF2N6O.C15H18FN5O2.C10H10FN5.C6H5ClFN.C4H2ClFN2/c1-15(2,3)23-14(22)20-8-9-21-13(11-20)12(10-19-21)18-24-16(4,5)17(6,7)25-18;18-13-5-11(1-2-14(13)20)24-17(27)25-3-4-26-15(9-25)12(8-23-26)16-21-6-10(19)7-22-16;1-15(2,3)23-14(22)20-4-5-21-12(9-20)11(8-19-21)13-17-6-10(16)7-18-13;11-7-3-13-10(14-4-7)8-5-15-16-2-1-12-6-9(8)16;7-5-3-4(9)1-2-6(5)8;5-3-1-8-4(6)2-7-3/h10H,8-9,11H2,1-7H3;1-2,5-8H,3-4,9H2,(H,24,27);6-8H,4-5,9H2,1-3H3;3-5,12H,1-2,6H2;1-3H,9H2;1-2H. The van der Waals surface area contributed by atoms with Gasteiger partial charge in [0.25, 0.3) is 0 Å². The summed E-state index contributed by atoms with van der Waals surface area (Å²) < 4.78 is 107. The summed E-state index contributed by atoms with van der Waals surface area (Å²) in [4.78, 5) is 72.6. The van der Waals surface area contributed by atoms with Gasteiger partial charge in [0.2, 0.25) is 5.95 Å². The Morgan fingerprint density at radius 2 is 0.926 bits per heavy atom. The first-order chi connectivity index (χ1) is 51.1. The van der Waals surface area contributed by atoms with E-state index in [2.05, 4.69) is 70.9 Å². The number of benzene rings is 2. The van der Waals surface area contributed by atoms with E-state index in [0.717, 1.165) is 90.6 Å². The van der Waals surface area contributed by atoms with E-state index in [0.29, 0.717) is 92.3 Å². The molecule has 570 valence electrons. The number of nitrogen functional groups attached to an aromatic ring is 1. The van der Waals surface area contributed by atoms with Gasteiger partial charge in [-0.05, 0) is 106 Å². The first-order valence-electron chi connectivity index (χ1n) is 33.6. The van der Waals surface area contributed by atoms with Crippen molar-refractivity contribution in [3.8, 4) is 34.2 Å². The number of nitrogens with one attached hydrogen (secondary N) is 2. The minimum atomic E-state index is -0.616. The zero-order valence-corrected chi connectivity index (χ0v) is 62.6. The van der Waals surface area contributed by atoms with Crippen molar-refractivity contribution in [3.63, 3.8) is 0 Å². The third-order valence-corrected chi connectivity index (χ3v) is 17.5. The highest BCUT2D eigenvalue weighted by molar-refractivity contribution is 6.62. The Bertz CT molecular complexity index is 4740. The van der Waals surface area contributed by atoms with Crippen LogP contribution >= 0.6 is 34.8 Å². The van der Waals surface area contributed by atoms with Gasteiger partial charge in [-0.1, -0.05) is 34.8 Å². The first-order valence-corrected chi connectivity index (χ1v) is 34.7. The minimum Gasteiger partial charge on any atom is -0.444 e. The van der Waals surface area contributed by atoms with E-state index >= 15 is 0 Å². The molecule has 108 heavy (non-hydrogen) atoms. The number of nitrogens with two attached hydrogens (primary N) is 1. The number of carbonyl (C=O) groups is 3. The number of aromatic nitrogens is 16. The molecule has 0 radical (unpaired) electrons. The molecule has 0 unspecified atom stereocenters. The summed E-state index contributed by atoms with van der Waals surface area (Å²) in [7, 11) is -0.479. The predicted molar refractivity (Wildman–Crippen MR) is 386 cm³/mol. The van der Waals surface area contributed by atoms with Crippen molar-refractivity contribution >= 4 is 77.0 Å². The highest BCUT2D eigenvalue weighted by atomic mass is 35.5. The molecule has 5 aliphatic heterocycles. The maximum absolute atomic E-state index is 13.3. The molecule has 4 N–H and O–H groups in total. The fraction of sp³-hybridized carbons (Fsp3) is 0.377. The van der Waals surface area contributed by atoms with Crippen molar-refractivity contribution < 1.29 is 59.5 Å². The second-order valence-electron chi connectivity index (χ2n) is 27.5. The fourth-order valence-electron chi connectivity index (χ4n) is 10.7. The molecule has 0 bridgehead atoms. The van der Waals surface area contributed by atoms with Crippen LogP contribution in [0.3, 0.4) is 0 Å². The number of halogens is 9. The third kappa shape index (κ3) is 20.8. The number of ether oxygens (including phenoxy) is 2. The Kier molecular flexibility index (Phi) is 25.4. The predicted octanol–water partition coefficient (Wildman–Crippen LogP) is 11.4. The molecule has 5 aliphatic rings. The van der Waals surface area contributed by atoms with E-state index in [1.54, 1.807) is 44.2 Å². The average Bonchev–Trinajstić information content (AvgIpc) is 1.61. The van der Waals surface area contributed by atoms with Gasteiger partial charge in [0.1, 0.15) is 28.0 Å². The van der Waals surface area contributed by atoms with E-state index < -0.39 is 64.6 Å². The third-order valence-electron chi connectivity index (χ3n) is 16.8. The summed E-state index contributed by atoms with van der Waals surface area (Å²) in [6, 6.07) is 7.69. The van der Waals surface area contributed by atoms with E-state index in [1.807, 2.05) is 83.3 Å². The smallest absolute Gasteiger partial charge is 0.444 e. The molecule has 10 aromatic rings. The lowest BCUT2D eigenvalue weighted by molar-refractivity contribution is 0.00578. The number of hydrogen-bond donors (Lipinski definition) is 3. The second kappa shape index (κ2) is 34.2. The van der Waals surface area contributed by atoms with Crippen LogP contribution in [-0.2, 0) is 71.1 Å². The minimum absolute atomic E-state index is 0.0648. The number of carbonyl (C=O) groups excluding carboxylic acids is 3. The van der Waals surface area contributed by atoms with E-state index in [4.69, 9.17) is 59.3 Å². The highest BCUT2D eigenvalue weighted by Gasteiger charge is 2.53. The van der Waals surface area contributed by atoms with Crippen LogP contribution in [0, 0.1) is 35.0 Å². The fourth-order valence-corrected chi connectivity index (χ4v) is 11.2. The van der Waals surface area contributed by atoms with E-state index in [-0.39, 0.29) is 40.0 Å². The monoisotopic (exact) mass is 1550 g/mol. The summed E-state index contributed by atoms with van der Waals surface area (Å²) in [6.45, 7) is 26.0. The SMILES string of the molecule is CC(C)(C)OC(=O)N1CCn2ncc(-c3ncc(F)cn3)c2C1.CC(C)(C)OC(=O)N1CCn2ncc(B3OC(C)(C)C(C)(C)O3)c2C1.Fc1cnc(-c2cnn3c2CNCC3)nc1.Fc1cnc(Cl)cn1.Nc1ccc(F)c(Cl)c1.O=C(Nc1ccc(F)c(Cl)c1)N1CCn2ncc(-c3ncc(F)cn3)c2C1. The number of nitrogens with zero attached hydrogens (tertiary/aromatic N) is 19. The Hall–Kier alpha value is -10.4. The molecule has 39 heteroatoms. The zero-order valence-electron chi connectivity index (χ0n) is 60.3. The molecule has 29 nitrogen and oxygen atoms in total. The average molecular weight is 1560 g/mol. The van der Waals surface area contributed by atoms with Crippen LogP contribution in [0.25, 0.3) is 34.2 Å². The summed E-state index contributed by atoms with van der Waals surface area (Å²) in [5.74, 6) is -1.82. The van der Waals surface area contributed by atoms with Gasteiger partial charge in [0.05, 0.1) is 175 Å². The number of fused-ring (bicyclic) bond motifs is 4. The van der Waals surface area contributed by atoms with Crippen molar-refractivity contribution in [2.75, 3.05) is 37.2 Å². The summed E-state index contributed by atoms with van der Waals surface area (Å²) in [5.41, 5.74) is 10.9. The van der Waals surface area contributed by atoms with Crippen molar-refractivity contribution in [2.24, 2.45) is 0 Å². The molecule has 1 saturated heterocycles. The Morgan fingerprint density at radius 1 is 0.509 bits per heavy atom. The van der Waals surface area contributed by atoms with Crippen molar-refractivity contribution in [2.45, 2.75) is 144 Å². The van der Waals surface area contributed by atoms with Gasteiger partial charge in [0.15, 0.2) is 34.9 Å². The van der Waals surface area contributed by atoms with Crippen LogP contribution in [-0.4, -0.2) is 168 Å². The first kappa shape index (κ1) is 80.2. The van der Waals surface area contributed by atoms with Gasteiger partial charge >= 0.3 is 25.3 Å². The molecule has 15 rings (SSSR count). The Morgan fingerprint density at radius 3 is 1.36 bits per heavy atom. The number of hydrogen-bond acceptors (Lipinski definition) is 21. The maximum Gasteiger partial charge on any atom is 0.498 e. The summed E-state index contributed by atoms with van der Waals surface area (Å²) >= 11 is 16.4. The molecule has 1 fully saturated rings. The molecule has 0 saturated carbocycles. The van der Waals surface area contributed by atoms with Crippen molar-refractivity contribution in [1.29, 1.82) is 0 Å². The lowest BCUT2D eigenvalue weighted by Gasteiger charge is -2.32. The van der Waals surface area contributed by atoms with Gasteiger partial charge in [0, 0.05) is 55.8 Å². The normalized spacial score (nSPS) is 15.2. The molecule has 0 atom stereocenters. The van der Waals surface area contributed by atoms with Crippen LogP contribution in [0.15, 0.2) is 111 Å². The van der Waals surface area contributed by atoms with Crippen molar-refractivity contribution in [1.82, 2.24) is 99.0 Å². The molecule has 8 aromatic heterocycles. The molecule has 0 spiro atoms. The lowest BCUT2D eigenvalue weighted by Crippen LogP contribution is -2.45. The topological polar surface area (TPSA) is 322 Å². The van der Waals surface area contributed by atoms with Crippen LogP contribution in [0.2, 0.25) is 15.2 Å². The highest BCUT2D eigenvalue weighted by Crippen LogP contribution is 2.37.